The molecule has 3 rings (SSSR count). The van der Waals surface area contributed by atoms with Crippen LogP contribution in [0.3, 0.4) is 0 Å². The molecule has 0 radical (unpaired) electrons. The third-order valence-corrected chi connectivity index (χ3v) is 4.21. The number of aliphatic hydroxyl groups is 1. The highest BCUT2D eigenvalue weighted by Gasteiger charge is 2.16. The number of fused-ring (bicyclic) bond motifs is 1. The average molecular weight is 353 g/mol. The van der Waals surface area contributed by atoms with Gasteiger partial charge in [-0.1, -0.05) is 30.3 Å². The van der Waals surface area contributed by atoms with Crippen LogP contribution in [0.4, 0.5) is 0 Å². The maximum absolute atomic E-state index is 12.1. The van der Waals surface area contributed by atoms with Gasteiger partial charge in [-0.2, -0.15) is 0 Å². The summed E-state index contributed by atoms with van der Waals surface area (Å²) >= 11 is 0. The van der Waals surface area contributed by atoms with Gasteiger partial charge in [0, 0.05) is 23.1 Å². The lowest BCUT2D eigenvalue weighted by molar-refractivity contribution is -0.143. The Kier molecular flexibility index (Phi) is 5.34. The molecule has 0 spiro atoms. The molecule has 0 bridgehead atoms. The Bertz CT molecular complexity index is 880. The van der Waals surface area contributed by atoms with E-state index in [1.54, 1.807) is 24.3 Å². The molecular formula is C20H19NO5. The molecule has 0 saturated carbocycles. The van der Waals surface area contributed by atoms with Crippen molar-refractivity contribution in [2.45, 2.75) is 6.42 Å². The minimum Gasteiger partial charge on any atom is -0.481 e. The molecule has 3 aromatic rings. The zero-order valence-corrected chi connectivity index (χ0v) is 14.0. The Hall–Kier alpha value is -3.12. The largest absolute Gasteiger partial charge is 0.481 e. The van der Waals surface area contributed by atoms with E-state index < -0.39 is 18.5 Å². The van der Waals surface area contributed by atoms with Gasteiger partial charge in [-0.15, -0.1) is 0 Å². The van der Waals surface area contributed by atoms with Crippen LogP contribution in [0.1, 0.15) is 16.8 Å². The lowest BCUT2D eigenvalue weighted by atomic mass is 10.1. The van der Waals surface area contributed by atoms with Crippen molar-refractivity contribution in [1.82, 2.24) is 5.32 Å². The van der Waals surface area contributed by atoms with Gasteiger partial charge >= 0.3 is 5.97 Å². The van der Waals surface area contributed by atoms with Crippen LogP contribution in [0.15, 0.2) is 59.0 Å². The predicted octanol–water partition coefficient (Wildman–Crippen LogP) is 2.91. The van der Waals surface area contributed by atoms with Gasteiger partial charge < -0.3 is 19.9 Å². The third-order valence-electron chi connectivity index (χ3n) is 4.21. The Morgan fingerprint density at radius 1 is 1.08 bits per heavy atom. The van der Waals surface area contributed by atoms with Gasteiger partial charge in [0.25, 0.3) is 5.91 Å². The van der Waals surface area contributed by atoms with Crippen molar-refractivity contribution in [1.29, 1.82) is 0 Å². The molecule has 1 heterocycles. The second-order valence-corrected chi connectivity index (χ2v) is 5.99. The number of benzene rings is 2. The quantitative estimate of drug-likeness (QED) is 0.606. The molecule has 0 aliphatic heterocycles. The number of carboxylic acids is 1. The summed E-state index contributed by atoms with van der Waals surface area (Å²) in [5.74, 6) is -1.50. The van der Waals surface area contributed by atoms with Crippen LogP contribution in [-0.4, -0.2) is 35.2 Å². The summed E-state index contributed by atoms with van der Waals surface area (Å²) in [6.07, 6.45) is 0.175. The summed E-state index contributed by atoms with van der Waals surface area (Å²) in [6.45, 7) is -0.265. The predicted molar refractivity (Wildman–Crippen MR) is 96.8 cm³/mol. The minimum absolute atomic E-state index is 0.175. The third kappa shape index (κ3) is 3.92. The van der Waals surface area contributed by atoms with Crippen LogP contribution in [0.5, 0.6) is 0 Å². The lowest BCUT2D eigenvalue weighted by Crippen LogP contribution is -2.29. The molecule has 6 nitrogen and oxygen atoms in total. The standard InChI is InChI=1S/C20H19NO5/c22-12-16(20(24)25)9-10-21-19(23)14-7-5-13(6-8-14)18-11-15-3-1-2-4-17(15)26-18/h1-8,11,16,22H,9-10,12H2,(H,21,23)(H,24,25)/t16-/m0/s1. The zero-order chi connectivity index (χ0) is 18.5. The first-order valence-electron chi connectivity index (χ1n) is 8.29. The molecule has 0 aliphatic carbocycles. The van der Waals surface area contributed by atoms with Gasteiger partial charge in [0.05, 0.1) is 12.5 Å². The van der Waals surface area contributed by atoms with Crippen LogP contribution in [-0.2, 0) is 4.79 Å². The SMILES string of the molecule is O=C(NCC[C@@H](CO)C(=O)O)c1ccc(-c2cc3ccccc3o2)cc1. The first-order valence-corrected chi connectivity index (χ1v) is 8.29. The molecule has 0 unspecified atom stereocenters. The van der Waals surface area contributed by atoms with Crippen molar-refractivity contribution in [2.75, 3.05) is 13.2 Å². The highest BCUT2D eigenvalue weighted by molar-refractivity contribution is 5.94. The number of amides is 1. The van der Waals surface area contributed by atoms with Gasteiger partial charge in [0.15, 0.2) is 0 Å². The topological polar surface area (TPSA) is 99.8 Å². The fourth-order valence-corrected chi connectivity index (χ4v) is 2.66. The molecule has 6 heteroatoms. The van der Waals surface area contributed by atoms with Crippen molar-refractivity contribution in [2.24, 2.45) is 5.92 Å². The van der Waals surface area contributed by atoms with E-state index in [-0.39, 0.29) is 18.9 Å². The molecular weight excluding hydrogens is 334 g/mol. The number of carboxylic acid groups (broad SMARTS) is 1. The van der Waals surface area contributed by atoms with E-state index in [4.69, 9.17) is 14.6 Å². The fraction of sp³-hybridized carbons (Fsp3) is 0.200. The molecule has 0 aliphatic rings. The van der Waals surface area contributed by atoms with E-state index in [0.29, 0.717) is 5.56 Å². The van der Waals surface area contributed by atoms with Gasteiger partial charge in [0.2, 0.25) is 0 Å². The second-order valence-electron chi connectivity index (χ2n) is 5.99. The summed E-state index contributed by atoms with van der Waals surface area (Å²) in [6, 6.07) is 16.7. The summed E-state index contributed by atoms with van der Waals surface area (Å²) in [4.78, 5) is 23.0. The smallest absolute Gasteiger partial charge is 0.308 e. The molecule has 1 aromatic heterocycles. The van der Waals surface area contributed by atoms with E-state index in [9.17, 15) is 9.59 Å². The Labute approximate surface area is 150 Å². The number of hydrogen-bond acceptors (Lipinski definition) is 4. The fourth-order valence-electron chi connectivity index (χ4n) is 2.66. The van der Waals surface area contributed by atoms with Crippen LogP contribution >= 0.6 is 0 Å². The lowest BCUT2D eigenvalue weighted by Gasteiger charge is -2.10. The number of aliphatic hydroxyl groups excluding tert-OH is 1. The highest BCUT2D eigenvalue weighted by atomic mass is 16.4. The van der Waals surface area contributed by atoms with Gasteiger partial charge in [-0.25, -0.2) is 0 Å². The summed E-state index contributed by atoms with van der Waals surface area (Å²) in [5.41, 5.74) is 2.14. The minimum atomic E-state index is -1.07. The molecule has 0 fully saturated rings. The molecule has 3 N–H and O–H groups in total. The molecule has 0 saturated heterocycles. The zero-order valence-electron chi connectivity index (χ0n) is 14.0. The van der Waals surface area contributed by atoms with E-state index >= 15 is 0 Å². The summed E-state index contributed by atoms with van der Waals surface area (Å²) in [5, 5.41) is 21.5. The van der Waals surface area contributed by atoms with Crippen LogP contribution in [0.2, 0.25) is 0 Å². The number of nitrogens with one attached hydrogen (secondary N) is 1. The second kappa shape index (κ2) is 7.84. The molecule has 2 aromatic carbocycles. The van der Waals surface area contributed by atoms with Crippen molar-refractivity contribution < 1.29 is 24.2 Å². The van der Waals surface area contributed by atoms with Crippen LogP contribution in [0.25, 0.3) is 22.3 Å². The van der Waals surface area contributed by atoms with Gasteiger partial charge in [-0.05, 0) is 30.7 Å². The van der Waals surface area contributed by atoms with E-state index in [1.807, 2.05) is 30.3 Å². The van der Waals surface area contributed by atoms with E-state index in [0.717, 1.165) is 22.3 Å². The molecule has 26 heavy (non-hydrogen) atoms. The van der Waals surface area contributed by atoms with Crippen LogP contribution in [0, 0.1) is 5.92 Å². The Morgan fingerprint density at radius 3 is 2.46 bits per heavy atom. The van der Waals surface area contributed by atoms with Crippen molar-refractivity contribution in [3.63, 3.8) is 0 Å². The summed E-state index contributed by atoms with van der Waals surface area (Å²) in [7, 11) is 0. The maximum atomic E-state index is 12.1. The number of aliphatic carboxylic acids is 1. The maximum Gasteiger partial charge on any atom is 0.308 e. The summed E-state index contributed by atoms with van der Waals surface area (Å²) < 4.78 is 5.80. The van der Waals surface area contributed by atoms with Crippen molar-refractivity contribution in [3.8, 4) is 11.3 Å². The molecule has 1 amide bonds. The van der Waals surface area contributed by atoms with Crippen LogP contribution < -0.4 is 5.32 Å². The van der Waals surface area contributed by atoms with Gasteiger partial charge in [0.1, 0.15) is 11.3 Å². The van der Waals surface area contributed by atoms with E-state index in [2.05, 4.69) is 5.32 Å². The number of carbonyl (C=O) groups is 2. The number of rotatable bonds is 7. The Balaban J connectivity index is 1.63. The molecule has 134 valence electrons. The monoisotopic (exact) mass is 353 g/mol. The normalized spacial score (nSPS) is 12.0. The van der Waals surface area contributed by atoms with Crippen molar-refractivity contribution >= 4 is 22.8 Å². The van der Waals surface area contributed by atoms with Gasteiger partial charge in [-0.3, -0.25) is 9.59 Å². The number of carbonyl (C=O) groups excluding carboxylic acids is 1. The molecule has 1 atom stereocenters. The van der Waals surface area contributed by atoms with E-state index in [1.165, 1.54) is 0 Å². The number of furan rings is 1. The average Bonchev–Trinajstić information content (AvgIpc) is 3.09. The Morgan fingerprint density at radius 2 is 1.81 bits per heavy atom. The first kappa shape index (κ1) is 17.7. The van der Waals surface area contributed by atoms with Crippen molar-refractivity contribution in [3.05, 3.63) is 60.2 Å². The number of hydrogen-bond donors (Lipinski definition) is 3. The first-order chi connectivity index (χ1) is 12.6. The highest BCUT2D eigenvalue weighted by Crippen LogP contribution is 2.27. The number of para-hydroxylation sites is 1.